The van der Waals surface area contributed by atoms with Gasteiger partial charge in [0, 0.05) is 28.7 Å². The molecule has 2 aromatic carbocycles. The SMILES string of the molecule is COc1ccccc1OCc1cn(C(C)C)c2cccc(C)c12. The maximum Gasteiger partial charge on any atom is 0.161 e. The third kappa shape index (κ3) is 2.91. The summed E-state index contributed by atoms with van der Waals surface area (Å²) in [5.74, 6) is 1.53. The zero-order chi connectivity index (χ0) is 16.4. The van der Waals surface area contributed by atoms with E-state index in [1.807, 2.05) is 24.3 Å². The average Bonchev–Trinajstić information content (AvgIpc) is 2.93. The van der Waals surface area contributed by atoms with Crippen LogP contribution in [0.5, 0.6) is 11.5 Å². The summed E-state index contributed by atoms with van der Waals surface area (Å²) >= 11 is 0. The molecule has 0 aliphatic carbocycles. The highest BCUT2D eigenvalue weighted by molar-refractivity contribution is 5.87. The smallest absolute Gasteiger partial charge is 0.161 e. The van der Waals surface area contributed by atoms with Crippen LogP contribution in [-0.4, -0.2) is 11.7 Å². The molecule has 3 nitrogen and oxygen atoms in total. The van der Waals surface area contributed by atoms with Gasteiger partial charge in [0.15, 0.2) is 11.5 Å². The van der Waals surface area contributed by atoms with Gasteiger partial charge >= 0.3 is 0 Å². The summed E-state index contributed by atoms with van der Waals surface area (Å²) in [4.78, 5) is 0. The molecule has 23 heavy (non-hydrogen) atoms. The molecule has 3 rings (SSSR count). The molecule has 1 heterocycles. The van der Waals surface area contributed by atoms with E-state index in [-0.39, 0.29) is 0 Å². The summed E-state index contributed by atoms with van der Waals surface area (Å²) in [6.45, 7) is 7.08. The summed E-state index contributed by atoms with van der Waals surface area (Å²) in [6, 6.07) is 14.6. The number of fused-ring (bicyclic) bond motifs is 1. The fourth-order valence-corrected chi connectivity index (χ4v) is 3.02. The van der Waals surface area contributed by atoms with E-state index in [0.29, 0.717) is 12.6 Å². The maximum absolute atomic E-state index is 6.03. The van der Waals surface area contributed by atoms with E-state index in [4.69, 9.17) is 9.47 Å². The largest absolute Gasteiger partial charge is 0.493 e. The number of rotatable bonds is 5. The van der Waals surface area contributed by atoms with Crippen molar-refractivity contribution >= 4 is 10.9 Å². The molecule has 0 spiro atoms. The van der Waals surface area contributed by atoms with Crippen LogP contribution in [0.3, 0.4) is 0 Å². The van der Waals surface area contributed by atoms with Gasteiger partial charge in [0.2, 0.25) is 0 Å². The summed E-state index contributed by atoms with van der Waals surface area (Å²) in [6.07, 6.45) is 2.21. The van der Waals surface area contributed by atoms with Gasteiger partial charge in [0.1, 0.15) is 6.61 Å². The van der Waals surface area contributed by atoms with Crippen LogP contribution in [0.1, 0.15) is 31.0 Å². The standard InChI is InChI=1S/C20H23NO2/c1-14(2)21-12-16(20-15(3)8-7-9-17(20)21)13-23-19-11-6-5-10-18(19)22-4/h5-12,14H,13H2,1-4H3. The van der Waals surface area contributed by atoms with Gasteiger partial charge < -0.3 is 14.0 Å². The number of ether oxygens (including phenoxy) is 2. The lowest BCUT2D eigenvalue weighted by molar-refractivity contribution is 0.285. The van der Waals surface area contributed by atoms with Crippen molar-refractivity contribution in [3.63, 3.8) is 0 Å². The van der Waals surface area contributed by atoms with Gasteiger partial charge in [-0.05, 0) is 44.5 Å². The second kappa shape index (κ2) is 6.37. The highest BCUT2D eigenvalue weighted by Crippen LogP contribution is 2.31. The molecular weight excluding hydrogens is 286 g/mol. The molecule has 0 saturated heterocycles. The second-order valence-corrected chi connectivity index (χ2v) is 6.06. The van der Waals surface area contributed by atoms with Gasteiger partial charge in [0.05, 0.1) is 7.11 Å². The molecule has 0 saturated carbocycles. The third-order valence-electron chi connectivity index (χ3n) is 4.15. The Morgan fingerprint density at radius 3 is 2.43 bits per heavy atom. The molecule has 0 bridgehead atoms. The summed E-state index contributed by atoms with van der Waals surface area (Å²) < 4.78 is 13.7. The minimum absolute atomic E-state index is 0.416. The molecule has 120 valence electrons. The fourth-order valence-electron chi connectivity index (χ4n) is 3.02. The van der Waals surface area contributed by atoms with Crippen LogP contribution in [-0.2, 0) is 6.61 Å². The summed E-state index contributed by atoms with van der Waals surface area (Å²) in [5, 5.41) is 1.29. The Labute approximate surface area is 137 Å². The number of aromatic nitrogens is 1. The van der Waals surface area contributed by atoms with Crippen molar-refractivity contribution in [2.75, 3.05) is 7.11 Å². The quantitative estimate of drug-likeness (QED) is 0.653. The van der Waals surface area contributed by atoms with Crippen molar-refractivity contribution in [3.8, 4) is 11.5 Å². The van der Waals surface area contributed by atoms with Crippen molar-refractivity contribution in [3.05, 3.63) is 59.8 Å². The minimum Gasteiger partial charge on any atom is -0.493 e. The Morgan fingerprint density at radius 2 is 1.74 bits per heavy atom. The molecule has 3 aromatic rings. The molecule has 1 aromatic heterocycles. The van der Waals surface area contributed by atoms with E-state index < -0.39 is 0 Å². The van der Waals surface area contributed by atoms with Crippen LogP contribution in [0.2, 0.25) is 0 Å². The Morgan fingerprint density at radius 1 is 1.00 bits per heavy atom. The van der Waals surface area contributed by atoms with Crippen molar-refractivity contribution in [2.24, 2.45) is 0 Å². The monoisotopic (exact) mass is 309 g/mol. The lowest BCUT2D eigenvalue weighted by Gasteiger charge is -2.10. The molecule has 0 amide bonds. The number of methoxy groups -OCH3 is 1. The molecule has 3 heteroatoms. The van der Waals surface area contributed by atoms with Crippen molar-refractivity contribution in [1.29, 1.82) is 0 Å². The number of para-hydroxylation sites is 2. The molecule has 0 N–H and O–H groups in total. The lowest BCUT2D eigenvalue weighted by atomic mass is 10.1. The van der Waals surface area contributed by atoms with Gasteiger partial charge in [-0.25, -0.2) is 0 Å². The first-order chi connectivity index (χ1) is 11.1. The number of hydrogen-bond acceptors (Lipinski definition) is 2. The van der Waals surface area contributed by atoms with Crippen molar-refractivity contribution < 1.29 is 9.47 Å². The number of aryl methyl sites for hydroxylation is 1. The maximum atomic E-state index is 6.03. The van der Waals surface area contributed by atoms with Crippen molar-refractivity contribution in [1.82, 2.24) is 4.57 Å². The number of benzene rings is 2. The Kier molecular flexibility index (Phi) is 4.28. The Hall–Kier alpha value is -2.42. The highest BCUT2D eigenvalue weighted by Gasteiger charge is 2.13. The van der Waals surface area contributed by atoms with Crippen LogP contribution < -0.4 is 9.47 Å². The molecule has 0 atom stereocenters. The van der Waals surface area contributed by atoms with Crippen LogP contribution >= 0.6 is 0 Å². The van der Waals surface area contributed by atoms with Crippen LogP contribution in [0, 0.1) is 6.92 Å². The Bertz CT molecular complexity index is 818. The topological polar surface area (TPSA) is 23.4 Å². The van der Waals surface area contributed by atoms with E-state index in [9.17, 15) is 0 Å². The molecule has 0 aliphatic heterocycles. The second-order valence-electron chi connectivity index (χ2n) is 6.06. The fraction of sp³-hybridized carbons (Fsp3) is 0.300. The summed E-state index contributed by atoms with van der Waals surface area (Å²) in [7, 11) is 1.66. The highest BCUT2D eigenvalue weighted by atomic mass is 16.5. The van der Waals surface area contributed by atoms with Crippen LogP contribution in [0.4, 0.5) is 0 Å². The zero-order valence-corrected chi connectivity index (χ0v) is 14.2. The molecule has 0 radical (unpaired) electrons. The summed E-state index contributed by atoms with van der Waals surface area (Å²) in [5.41, 5.74) is 3.75. The van der Waals surface area contributed by atoms with Gasteiger partial charge in [-0.1, -0.05) is 24.3 Å². The van der Waals surface area contributed by atoms with E-state index in [2.05, 4.69) is 49.7 Å². The van der Waals surface area contributed by atoms with Gasteiger partial charge in [0.25, 0.3) is 0 Å². The van der Waals surface area contributed by atoms with E-state index >= 15 is 0 Å². The normalized spacial score (nSPS) is 11.2. The first kappa shape index (κ1) is 15.5. The first-order valence-corrected chi connectivity index (χ1v) is 7.96. The lowest BCUT2D eigenvalue weighted by Crippen LogP contribution is -1.99. The molecule has 0 fully saturated rings. The van der Waals surface area contributed by atoms with E-state index in [0.717, 1.165) is 11.5 Å². The number of nitrogens with zero attached hydrogens (tertiary/aromatic N) is 1. The Balaban J connectivity index is 1.97. The predicted molar refractivity (Wildman–Crippen MR) is 94.4 cm³/mol. The zero-order valence-electron chi connectivity index (χ0n) is 14.2. The van der Waals surface area contributed by atoms with Gasteiger partial charge in [-0.15, -0.1) is 0 Å². The van der Waals surface area contributed by atoms with Gasteiger partial charge in [-0.3, -0.25) is 0 Å². The van der Waals surface area contributed by atoms with Crippen LogP contribution in [0.25, 0.3) is 10.9 Å². The van der Waals surface area contributed by atoms with Crippen molar-refractivity contribution in [2.45, 2.75) is 33.4 Å². The van der Waals surface area contributed by atoms with E-state index in [1.165, 1.54) is 22.0 Å². The van der Waals surface area contributed by atoms with E-state index in [1.54, 1.807) is 7.11 Å². The molecule has 0 aliphatic rings. The average molecular weight is 309 g/mol. The van der Waals surface area contributed by atoms with Crippen LogP contribution in [0.15, 0.2) is 48.7 Å². The first-order valence-electron chi connectivity index (χ1n) is 7.96. The molecular formula is C20H23NO2. The minimum atomic E-state index is 0.416. The number of hydrogen-bond donors (Lipinski definition) is 0. The third-order valence-corrected chi connectivity index (χ3v) is 4.15. The molecule has 0 unspecified atom stereocenters. The van der Waals surface area contributed by atoms with Gasteiger partial charge in [-0.2, -0.15) is 0 Å². The predicted octanol–water partition coefficient (Wildman–Crippen LogP) is 5.12.